The molecule has 0 spiro atoms. The quantitative estimate of drug-likeness (QED) is 0.249. The molecule has 0 bridgehead atoms. The molecule has 9 nitrogen and oxygen atoms in total. The maximum absolute atomic E-state index is 11.1. The third-order valence-electron chi connectivity index (χ3n) is 2.33. The van der Waals surface area contributed by atoms with Gasteiger partial charge in [-0.1, -0.05) is 0 Å². The van der Waals surface area contributed by atoms with Crippen molar-refractivity contribution < 1.29 is 28.6 Å². The zero-order valence-electron chi connectivity index (χ0n) is 12.2. The van der Waals surface area contributed by atoms with Gasteiger partial charge in [-0.3, -0.25) is 14.4 Å². The maximum atomic E-state index is 11.1. The molecule has 0 unspecified atom stereocenters. The molecule has 0 aliphatic heterocycles. The highest BCUT2D eigenvalue weighted by atomic mass is 16.6. The van der Waals surface area contributed by atoms with Crippen molar-refractivity contribution in [2.45, 2.75) is 6.92 Å². The minimum atomic E-state index is -1.16. The number of hydrogen-bond donors (Lipinski definition) is 2. The van der Waals surface area contributed by atoms with Gasteiger partial charge in [-0.25, -0.2) is 5.43 Å². The van der Waals surface area contributed by atoms with E-state index in [1.807, 2.05) is 5.43 Å². The van der Waals surface area contributed by atoms with Crippen LogP contribution in [0, 0.1) is 0 Å². The fourth-order valence-corrected chi connectivity index (χ4v) is 1.44. The molecule has 0 aromatic heterocycles. The molecule has 118 valence electrons. The van der Waals surface area contributed by atoms with Crippen molar-refractivity contribution in [3.63, 3.8) is 0 Å². The van der Waals surface area contributed by atoms with Crippen molar-refractivity contribution in [1.82, 2.24) is 5.43 Å². The van der Waals surface area contributed by atoms with Crippen molar-refractivity contribution in [1.29, 1.82) is 0 Å². The first-order chi connectivity index (χ1) is 10.4. The number of nitrogens with one attached hydrogen (secondary N) is 1. The average Bonchev–Trinajstić information content (AvgIpc) is 2.47. The number of primary amides is 1. The summed E-state index contributed by atoms with van der Waals surface area (Å²) >= 11 is 0. The van der Waals surface area contributed by atoms with Crippen LogP contribution < -0.4 is 25.4 Å². The molecule has 9 heteroatoms. The van der Waals surface area contributed by atoms with Crippen molar-refractivity contribution in [2.75, 3.05) is 14.2 Å². The predicted octanol–water partition coefficient (Wildman–Crippen LogP) is -0.435. The second-order valence-corrected chi connectivity index (χ2v) is 3.91. The first-order valence-corrected chi connectivity index (χ1v) is 5.96. The van der Waals surface area contributed by atoms with Gasteiger partial charge in [0, 0.05) is 12.5 Å². The molecule has 1 rings (SSSR count). The van der Waals surface area contributed by atoms with Crippen molar-refractivity contribution >= 4 is 24.0 Å². The number of amides is 2. The van der Waals surface area contributed by atoms with Gasteiger partial charge in [0.2, 0.25) is 5.75 Å². The molecule has 1 aromatic rings. The third kappa shape index (κ3) is 4.47. The van der Waals surface area contributed by atoms with Crippen molar-refractivity contribution in [3.8, 4) is 17.2 Å². The summed E-state index contributed by atoms with van der Waals surface area (Å²) in [4.78, 5) is 32.6. The number of nitrogens with zero attached hydrogens (tertiary/aromatic N) is 1. The largest absolute Gasteiger partial charge is 0.493 e. The fourth-order valence-electron chi connectivity index (χ4n) is 1.44. The lowest BCUT2D eigenvalue weighted by molar-refractivity contribution is -0.137. The van der Waals surface area contributed by atoms with Crippen LogP contribution in [-0.4, -0.2) is 38.2 Å². The van der Waals surface area contributed by atoms with E-state index in [1.54, 1.807) is 0 Å². The molecular weight excluding hydrogens is 294 g/mol. The van der Waals surface area contributed by atoms with Crippen LogP contribution in [-0.2, 0) is 14.4 Å². The summed E-state index contributed by atoms with van der Waals surface area (Å²) < 4.78 is 15.3. The van der Waals surface area contributed by atoms with Gasteiger partial charge in [0.25, 0.3) is 0 Å². The zero-order chi connectivity index (χ0) is 16.7. The van der Waals surface area contributed by atoms with Gasteiger partial charge in [0.05, 0.1) is 20.4 Å². The van der Waals surface area contributed by atoms with Gasteiger partial charge in [0.1, 0.15) is 0 Å². The van der Waals surface area contributed by atoms with Gasteiger partial charge >= 0.3 is 17.8 Å². The number of esters is 1. The molecule has 0 fully saturated rings. The minimum absolute atomic E-state index is 0.121. The predicted molar refractivity (Wildman–Crippen MR) is 75.8 cm³/mol. The number of hydrogen-bond acceptors (Lipinski definition) is 7. The summed E-state index contributed by atoms with van der Waals surface area (Å²) in [5.41, 5.74) is 7.17. The smallest absolute Gasteiger partial charge is 0.329 e. The number of benzene rings is 1. The van der Waals surface area contributed by atoms with Gasteiger partial charge < -0.3 is 19.9 Å². The molecule has 1 aromatic carbocycles. The lowest BCUT2D eigenvalue weighted by Gasteiger charge is -2.13. The fraction of sp³-hybridized carbons (Fsp3) is 0.231. The molecule has 0 saturated heterocycles. The number of carbonyl (C=O) groups excluding carboxylic acids is 3. The highest BCUT2D eigenvalue weighted by molar-refractivity contribution is 6.34. The molecule has 0 atom stereocenters. The minimum Gasteiger partial charge on any atom is -0.493 e. The summed E-state index contributed by atoms with van der Waals surface area (Å²) in [5.74, 6) is -2.15. The Bertz CT molecular complexity index is 601. The number of nitrogens with two attached hydrogens (primary N) is 1. The molecule has 0 aliphatic carbocycles. The number of ether oxygens (including phenoxy) is 3. The maximum Gasteiger partial charge on any atom is 0.329 e. The molecule has 22 heavy (non-hydrogen) atoms. The van der Waals surface area contributed by atoms with E-state index in [1.165, 1.54) is 39.5 Å². The number of hydrazone groups is 1. The zero-order valence-corrected chi connectivity index (χ0v) is 12.2. The van der Waals surface area contributed by atoms with Gasteiger partial charge in [-0.15, -0.1) is 0 Å². The Morgan fingerprint density at radius 3 is 2.14 bits per heavy atom. The normalized spacial score (nSPS) is 10.1. The summed E-state index contributed by atoms with van der Waals surface area (Å²) in [7, 11) is 2.77. The average molecular weight is 309 g/mol. The van der Waals surface area contributed by atoms with E-state index < -0.39 is 17.8 Å². The summed E-state index contributed by atoms with van der Waals surface area (Å²) in [5, 5.41) is 3.56. The van der Waals surface area contributed by atoms with Gasteiger partial charge in [-0.05, 0) is 12.1 Å². The van der Waals surface area contributed by atoms with Gasteiger partial charge in [-0.2, -0.15) is 5.10 Å². The molecule has 0 heterocycles. The Hall–Kier alpha value is -3.10. The van der Waals surface area contributed by atoms with Crippen LogP contribution in [0.15, 0.2) is 17.2 Å². The van der Waals surface area contributed by atoms with E-state index in [-0.39, 0.29) is 17.2 Å². The highest BCUT2D eigenvalue weighted by Gasteiger charge is 2.15. The topological polar surface area (TPSA) is 129 Å². The summed E-state index contributed by atoms with van der Waals surface area (Å²) in [6.45, 7) is 1.24. The molecular formula is C13H15N3O6. The Labute approximate surface area is 126 Å². The standard InChI is InChI=1S/C13H15N3O6/c1-7(17)22-11-9(20-2)4-8(5-10(11)21-3)6-15-16-13(19)12(14)18/h4-6H,1-3H3,(H2,14,18)(H,16,19). The molecule has 0 radical (unpaired) electrons. The Kier molecular flexibility index (Phi) is 5.87. The van der Waals surface area contributed by atoms with Crippen LogP contribution in [0.3, 0.4) is 0 Å². The number of methoxy groups -OCH3 is 2. The second-order valence-electron chi connectivity index (χ2n) is 3.91. The van der Waals surface area contributed by atoms with E-state index in [2.05, 4.69) is 5.10 Å². The lowest BCUT2D eigenvalue weighted by Crippen LogP contribution is -2.32. The van der Waals surface area contributed by atoms with Crippen molar-refractivity contribution in [2.24, 2.45) is 10.8 Å². The van der Waals surface area contributed by atoms with E-state index in [0.717, 1.165) is 0 Å². The van der Waals surface area contributed by atoms with E-state index in [9.17, 15) is 14.4 Å². The SMILES string of the molecule is COc1cc(C=NNC(=O)C(N)=O)cc(OC)c1OC(C)=O. The van der Waals surface area contributed by atoms with Crippen LogP contribution in [0.4, 0.5) is 0 Å². The lowest BCUT2D eigenvalue weighted by atomic mass is 10.2. The van der Waals surface area contributed by atoms with Crippen molar-refractivity contribution in [3.05, 3.63) is 17.7 Å². The highest BCUT2D eigenvalue weighted by Crippen LogP contribution is 2.38. The number of rotatable bonds is 5. The van der Waals surface area contributed by atoms with Crippen LogP contribution in [0.25, 0.3) is 0 Å². The first-order valence-electron chi connectivity index (χ1n) is 5.96. The van der Waals surface area contributed by atoms with Crippen LogP contribution >= 0.6 is 0 Å². The van der Waals surface area contributed by atoms with Crippen LogP contribution in [0.5, 0.6) is 17.2 Å². The monoisotopic (exact) mass is 309 g/mol. The van der Waals surface area contributed by atoms with Gasteiger partial charge in [0.15, 0.2) is 11.5 Å². The Morgan fingerprint density at radius 1 is 1.18 bits per heavy atom. The molecule has 0 aliphatic rings. The van der Waals surface area contributed by atoms with E-state index >= 15 is 0 Å². The summed E-state index contributed by atoms with van der Waals surface area (Å²) in [6.07, 6.45) is 1.24. The van der Waals surface area contributed by atoms with E-state index in [0.29, 0.717) is 5.56 Å². The molecule has 3 N–H and O–H groups in total. The number of carbonyl (C=O) groups is 3. The molecule has 0 saturated carbocycles. The summed E-state index contributed by atoms with van der Waals surface area (Å²) in [6, 6.07) is 3.00. The molecule has 2 amide bonds. The Balaban J connectivity index is 3.07. The Morgan fingerprint density at radius 2 is 1.73 bits per heavy atom. The first kappa shape index (κ1) is 17.0. The third-order valence-corrected chi connectivity index (χ3v) is 2.33. The second kappa shape index (κ2) is 7.62. The van der Waals surface area contributed by atoms with Crippen LogP contribution in [0.2, 0.25) is 0 Å². The van der Waals surface area contributed by atoms with Crippen LogP contribution in [0.1, 0.15) is 12.5 Å². The van der Waals surface area contributed by atoms with E-state index in [4.69, 9.17) is 19.9 Å².